The number of anilines is 1. The van der Waals surface area contributed by atoms with E-state index in [1.807, 2.05) is 30.3 Å². The maximum atomic E-state index is 11.3. The van der Waals surface area contributed by atoms with Crippen LogP contribution in [0.15, 0.2) is 59.6 Å². The van der Waals surface area contributed by atoms with Gasteiger partial charge in [0.2, 0.25) is 11.8 Å². The Morgan fingerprint density at radius 2 is 1.82 bits per heavy atom. The average Bonchev–Trinajstić information content (AvgIpc) is 2.47. The zero-order valence-corrected chi connectivity index (χ0v) is 12.2. The molecule has 0 heterocycles. The lowest BCUT2D eigenvalue weighted by Gasteiger charge is -2.07. The Balaban J connectivity index is 2.36. The molecule has 0 saturated carbocycles. The minimum absolute atomic E-state index is 0.0500. The van der Waals surface area contributed by atoms with E-state index >= 15 is 0 Å². The van der Waals surface area contributed by atoms with Crippen molar-refractivity contribution in [1.82, 2.24) is 0 Å². The normalized spacial score (nSPS) is 11.0. The molecule has 2 amide bonds. The van der Waals surface area contributed by atoms with Gasteiger partial charge < -0.3 is 11.1 Å². The monoisotopic (exact) mass is 295 g/mol. The highest BCUT2D eigenvalue weighted by Crippen LogP contribution is 2.20. The first-order valence-electron chi connectivity index (χ1n) is 6.83. The smallest absolute Gasteiger partial charge is 0.223 e. The molecule has 2 rings (SSSR count). The molecule has 2 aromatic rings. The lowest BCUT2D eigenvalue weighted by atomic mass is 10.1. The third kappa shape index (κ3) is 4.56. The zero-order chi connectivity index (χ0) is 15.9. The number of nitrogens with one attached hydrogen (secondary N) is 1. The number of hydrogen-bond donors (Lipinski definition) is 2. The van der Waals surface area contributed by atoms with Gasteiger partial charge in [0.1, 0.15) is 0 Å². The number of rotatable bonds is 5. The van der Waals surface area contributed by atoms with E-state index in [4.69, 9.17) is 5.73 Å². The van der Waals surface area contributed by atoms with Crippen LogP contribution in [0.1, 0.15) is 18.9 Å². The first-order valence-corrected chi connectivity index (χ1v) is 6.83. The quantitative estimate of drug-likeness (QED) is 0.831. The predicted molar refractivity (Wildman–Crippen MR) is 87.2 cm³/mol. The van der Waals surface area contributed by atoms with Gasteiger partial charge in [-0.2, -0.15) is 0 Å². The predicted octanol–water partition coefficient (Wildman–Crippen LogP) is 2.64. The van der Waals surface area contributed by atoms with E-state index in [9.17, 15) is 9.59 Å². The van der Waals surface area contributed by atoms with Gasteiger partial charge in [-0.25, -0.2) is 0 Å². The molecule has 22 heavy (non-hydrogen) atoms. The Morgan fingerprint density at radius 3 is 2.45 bits per heavy atom. The molecule has 112 valence electrons. The summed E-state index contributed by atoms with van der Waals surface area (Å²) in [5, 5.41) is 2.70. The number of aliphatic imine (C=N–C) groups is 1. The second-order valence-electron chi connectivity index (χ2n) is 4.80. The Bertz CT molecular complexity index is 709. The van der Waals surface area contributed by atoms with Gasteiger partial charge >= 0.3 is 0 Å². The van der Waals surface area contributed by atoms with Gasteiger partial charge in [0.25, 0.3) is 0 Å². The summed E-state index contributed by atoms with van der Waals surface area (Å²) in [6.07, 6.45) is 0.0500. The molecular weight excluding hydrogens is 278 g/mol. The first-order chi connectivity index (χ1) is 10.5. The molecule has 0 aromatic heterocycles. The molecule has 0 bridgehead atoms. The maximum Gasteiger partial charge on any atom is 0.223 e. The molecule has 0 aliphatic heterocycles. The molecule has 5 nitrogen and oxygen atoms in total. The van der Waals surface area contributed by atoms with Gasteiger partial charge in [-0.3, -0.25) is 14.6 Å². The van der Waals surface area contributed by atoms with Gasteiger partial charge in [-0.05, 0) is 23.8 Å². The number of nitrogens with two attached hydrogens (primary N) is 1. The summed E-state index contributed by atoms with van der Waals surface area (Å²) in [4.78, 5) is 26.9. The molecule has 0 spiro atoms. The van der Waals surface area contributed by atoms with Crippen molar-refractivity contribution >= 4 is 28.9 Å². The first kappa shape index (κ1) is 15.4. The molecule has 2 aromatic carbocycles. The van der Waals surface area contributed by atoms with E-state index in [1.165, 1.54) is 6.92 Å². The molecule has 0 unspecified atom stereocenters. The Hall–Kier alpha value is -2.95. The van der Waals surface area contributed by atoms with Gasteiger partial charge in [0.05, 0.1) is 17.8 Å². The second kappa shape index (κ2) is 7.17. The van der Waals surface area contributed by atoms with E-state index in [0.717, 1.165) is 5.56 Å². The minimum Gasteiger partial charge on any atom is -0.369 e. The summed E-state index contributed by atoms with van der Waals surface area (Å²) in [6, 6.07) is 16.5. The Labute approximate surface area is 128 Å². The van der Waals surface area contributed by atoms with Crippen molar-refractivity contribution in [2.45, 2.75) is 13.3 Å². The van der Waals surface area contributed by atoms with Crippen LogP contribution in [0.3, 0.4) is 0 Å². The van der Waals surface area contributed by atoms with Crippen LogP contribution < -0.4 is 11.1 Å². The number of hydrogen-bond acceptors (Lipinski definition) is 3. The number of benzene rings is 2. The number of nitrogens with zero attached hydrogens (tertiary/aromatic N) is 1. The summed E-state index contributed by atoms with van der Waals surface area (Å²) in [6.45, 7) is 1.44. The van der Waals surface area contributed by atoms with E-state index in [0.29, 0.717) is 17.1 Å². The van der Waals surface area contributed by atoms with Crippen molar-refractivity contribution in [2.75, 3.05) is 5.32 Å². The lowest BCUT2D eigenvalue weighted by molar-refractivity contribution is -0.117. The van der Waals surface area contributed by atoms with E-state index in [2.05, 4.69) is 10.3 Å². The molecule has 0 radical (unpaired) electrons. The largest absolute Gasteiger partial charge is 0.369 e. The molecule has 5 heteroatoms. The lowest BCUT2D eigenvalue weighted by Crippen LogP contribution is -2.16. The van der Waals surface area contributed by atoms with Gasteiger partial charge in [-0.1, -0.05) is 36.4 Å². The summed E-state index contributed by atoms with van der Waals surface area (Å²) >= 11 is 0. The second-order valence-corrected chi connectivity index (χ2v) is 4.80. The van der Waals surface area contributed by atoms with E-state index < -0.39 is 5.91 Å². The van der Waals surface area contributed by atoms with Gasteiger partial charge in [0, 0.05) is 12.6 Å². The van der Waals surface area contributed by atoms with Crippen LogP contribution in [0, 0.1) is 0 Å². The standard InChI is InChI=1S/C17H17N3O2/c1-12(21)19-14-8-5-9-15(10-14)20-16(11-17(18)22)13-6-3-2-4-7-13/h2-10H,11H2,1H3,(H2,18,22)(H,19,21). The van der Waals surface area contributed by atoms with Crippen LogP contribution >= 0.6 is 0 Å². The molecule has 0 aliphatic carbocycles. The summed E-state index contributed by atoms with van der Waals surface area (Å²) < 4.78 is 0. The van der Waals surface area contributed by atoms with Crippen molar-refractivity contribution in [1.29, 1.82) is 0 Å². The van der Waals surface area contributed by atoms with Crippen molar-refractivity contribution in [2.24, 2.45) is 10.7 Å². The molecule has 0 aliphatic rings. The fourth-order valence-corrected chi connectivity index (χ4v) is 2.01. The summed E-state index contributed by atoms with van der Waals surface area (Å²) in [5.41, 5.74) is 8.03. The number of carbonyl (C=O) groups is 2. The molecular formula is C17H17N3O2. The fourth-order valence-electron chi connectivity index (χ4n) is 2.01. The number of carbonyl (C=O) groups excluding carboxylic acids is 2. The molecule has 0 atom stereocenters. The van der Waals surface area contributed by atoms with Gasteiger partial charge in [0.15, 0.2) is 0 Å². The summed E-state index contributed by atoms with van der Waals surface area (Å²) in [5.74, 6) is -0.595. The summed E-state index contributed by atoms with van der Waals surface area (Å²) in [7, 11) is 0. The minimum atomic E-state index is -0.444. The van der Waals surface area contributed by atoms with Crippen LogP contribution in [-0.2, 0) is 9.59 Å². The van der Waals surface area contributed by atoms with Crippen molar-refractivity contribution in [3.8, 4) is 0 Å². The third-order valence-electron chi connectivity index (χ3n) is 2.88. The average molecular weight is 295 g/mol. The van der Waals surface area contributed by atoms with Crippen molar-refractivity contribution < 1.29 is 9.59 Å². The topological polar surface area (TPSA) is 84.6 Å². The Kier molecular flexibility index (Phi) is 5.03. The number of primary amides is 1. The SMILES string of the molecule is CC(=O)Nc1cccc(N=C(CC(N)=O)c2ccccc2)c1. The van der Waals surface area contributed by atoms with Crippen molar-refractivity contribution in [3.05, 3.63) is 60.2 Å². The fraction of sp³-hybridized carbons (Fsp3) is 0.118. The Morgan fingerprint density at radius 1 is 1.09 bits per heavy atom. The number of amides is 2. The van der Waals surface area contributed by atoms with Crippen LogP contribution in [0.25, 0.3) is 0 Å². The van der Waals surface area contributed by atoms with Crippen LogP contribution in [0.2, 0.25) is 0 Å². The third-order valence-corrected chi connectivity index (χ3v) is 2.88. The van der Waals surface area contributed by atoms with Crippen LogP contribution in [0.5, 0.6) is 0 Å². The molecule has 0 saturated heterocycles. The van der Waals surface area contributed by atoms with E-state index in [-0.39, 0.29) is 12.3 Å². The zero-order valence-electron chi connectivity index (χ0n) is 12.2. The van der Waals surface area contributed by atoms with Crippen LogP contribution in [0.4, 0.5) is 11.4 Å². The van der Waals surface area contributed by atoms with E-state index in [1.54, 1.807) is 24.3 Å². The van der Waals surface area contributed by atoms with Gasteiger partial charge in [-0.15, -0.1) is 0 Å². The molecule has 3 N–H and O–H groups in total. The van der Waals surface area contributed by atoms with Crippen LogP contribution in [-0.4, -0.2) is 17.5 Å². The molecule has 0 fully saturated rings. The highest BCUT2D eigenvalue weighted by Gasteiger charge is 2.08. The van der Waals surface area contributed by atoms with Crippen molar-refractivity contribution in [3.63, 3.8) is 0 Å². The highest BCUT2D eigenvalue weighted by molar-refractivity contribution is 6.11. The highest BCUT2D eigenvalue weighted by atomic mass is 16.1. The maximum absolute atomic E-state index is 11.3.